The molecule has 4 aromatic heterocycles. The molecule has 0 amide bonds. The van der Waals surface area contributed by atoms with Crippen molar-refractivity contribution in [3.05, 3.63) is 40.7 Å². The van der Waals surface area contributed by atoms with Crippen LogP contribution in [-0.4, -0.2) is 55.8 Å². The average Bonchev–Trinajstić information content (AvgIpc) is 3.28. The van der Waals surface area contributed by atoms with E-state index in [1.165, 1.54) is 10.3 Å². The minimum atomic E-state index is -0.557. The van der Waals surface area contributed by atoms with Crippen molar-refractivity contribution in [1.82, 2.24) is 29.8 Å². The average molecular weight is 437 g/mol. The summed E-state index contributed by atoms with van der Waals surface area (Å²) in [7, 11) is 2.06. The highest BCUT2D eigenvalue weighted by molar-refractivity contribution is 7.19. The number of fused-ring (bicyclic) bond motifs is 3. The molecule has 4 atom stereocenters. The third-order valence-electron chi connectivity index (χ3n) is 7.11. The number of thiophene rings is 1. The highest BCUT2D eigenvalue weighted by Crippen LogP contribution is 2.48. The number of aryl methyl sites for hydroxylation is 1. The van der Waals surface area contributed by atoms with Crippen molar-refractivity contribution < 1.29 is 5.11 Å². The lowest BCUT2D eigenvalue weighted by Gasteiger charge is -2.24. The predicted molar refractivity (Wildman–Crippen MR) is 123 cm³/mol. The lowest BCUT2D eigenvalue weighted by molar-refractivity contribution is 0.0108. The van der Waals surface area contributed by atoms with Crippen molar-refractivity contribution in [3.63, 3.8) is 0 Å². The summed E-state index contributed by atoms with van der Waals surface area (Å²) in [5.74, 6) is 1.74. The van der Waals surface area contributed by atoms with Gasteiger partial charge >= 0.3 is 0 Å². The van der Waals surface area contributed by atoms with Crippen molar-refractivity contribution in [2.75, 3.05) is 20.1 Å². The minimum Gasteiger partial charge on any atom is -0.373 e. The van der Waals surface area contributed by atoms with E-state index in [-0.39, 0.29) is 0 Å². The number of rotatable bonds is 5. The lowest BCUT2D eigenvalue weighted by Crippen LogP contribution is -2.32. The van der Waals surface area contributed by atoms with E-state index in [9.17, 15) is 5.11 Å². The summed E-state index contributed by atoms with van der Waals surface area (Å²) in [6.45, 7) is 8.68. The topological polar surface area (TPSA) is 81.5 Å². The van der Waals surface area contributed by atoms with Crippen molar-refractivity contribution in [2.24, 2.45) is 11.8 Å². The number of aromatic nitrogens is 4. The summed E-state index contributed by atoms with van der Waals surface area (Å²) in [5, 5.41) is 18.9. The fourth-order valence-corrected chi connectivity index (χ4v) is 6.86. The second-order valence-electron chi connectivity index (χ2n) is 9.42. The Hall–Kier alpha value is -2.26. The van der Waals surface area contributed by atoms with E-state index in [2.05, 4.69) is 65.2 Å². The number of aliphatic hydroxyl groups is 1. The van der Waals surface area contributed by atoms with Crippen molar-refractivity contribution in [2.45, 2.75) is 39.0 Å². The van der Waals surface area contributed by atoms with Crippen LogP contribution >= 0.6 is 11.3 Å². The molecule has 3 N–H and O–H groups in total. The number of nitrogens with one attached hydrogen (secondary N) is 2. The van der Waals surface area contributed by atoms with Gasteiger partial charge < -0.3 is 15.4 Å². The van der Waals surface area contributed by atoms with Gasteiger partial charge in [-0.15, -0.1) is 11.3 Å². The van der Waals surface area contributed by atoms with Gasteiger partial charge in [0.1, 0.15) is 12.6 Å². The SMILES string of the molecule is Cc1cc(-c2[nH]c3cc(C(O)N(C)[C@H]4[C@@H]5CNC[C@@H]54)sc3c2C(C)C)cn2ncnc12. The third kappa shape index (κ3) is 2.89. The summed E-state index contributed by atoms with van der Waals surface area (Å²) in [5.41, 5.74) is 6.63. The predicted octanol–water partition coefficient (Wildman–Crippen LogP) is 3.51. The number of hydrogen-bond acceptors (Lipinski definition) is 6. The zero-order chi connectivity index (χ0) is 21.4. The molecular weight excluding hydrogens is 408 g/mol. The Kier molecular flexibility index (Phi) is 4.30. The highest BCUT2D eigenvalue weighted by Gasteiger charge is 2.56. The van der Waals surface area contributed by atoms with Gasteiger partial charge in [0.25, 0.3) is 0 Å². The first-order valence-corrected chi connectivity index (χ1v) is 11.8. The Morgan fingerprint density at radius 2 is 2.03 bits per heavy atom. The number of pyridine rings is 1. The van der Waals surface area contributed by atoms with Crippen LogP contribution in [0.5, 0.6) is 0 Å². The molecule has 0 bridgehead atoms. The molecule has 0 spiro atoms. The fourth-order valence-electron chi connectivity index (χ4n) is 5.51. The summed E-state index contributed by atoms with van der Waals surface area (Å²) in [6.07, 6.45) is 3.08. The molecule has 6 rings (SSSR count). The summed E-state index contributed by atoms with van der Waals surface area (Å²) in [4.78, 5) is 11.2. The fraction of sp³-hybridized carbons (Fsp3) is 0.478. The molecule has 1 unspecified atom stereocenters. The first kappa shape index (κ1) is 19.4. The van der Waals surface area contributed by atoms with E-state index in [0.717, 1.165) is 46.0 Å². The van der Waals surface area contributed by atoms with E-state index < -0.39 is 6.23 Å². The second kappa shape index (κ2) is 6.87. The normalized spacial score (nSPS) is 24.0. The Balaban J connectivity index is 1.39. The summed E-state index contributed by atoms with van der Waals surface area (Å²) >= 11 is 1.71. The van der Waals surface area contributed by atoms with E-state index in [1.54, 1.807) is 17.7 Å². The van der Waals surface area contributed by atoms with Gasteiger partial charge in [0.15, 0.2) is 5.65 Å². The molecule has 5 heterocycles. The lowest BCUT2D eigenvalue weighted by atomic mass is 9.99. The van der Waals surface area contributed by atoms with Gasteiger partial charge in [-0.1, -0.05) is 13.8 Å². The van der Waals surface area contributed by atoms with Gasteiger partial charge in [-0.3, -0.25) is 4.90 Å². The number of hydrogen-bond donors (Lipinski definition) is 3. The molecule has 162 valence electrons. The molecular formula is C23H28N6OS. The number of H-pyrrole nitrogens is 1. The molecule has 0 radical (unpaired) electrons. The van der Waals surface area contributed by atoms with Gasteiger partial charge in [0.2, 0.25) is 0 Å². The van der Waals surface area contributed by atoms with Gasteiger partial charge in [-0.25, -0.2) is 9.50 Å². The van der Waals surface area contributed by atoms with Crippen LogP contribution in [-0.2, 0) is 0 Å². The molecule has 1 saturated carbocycles. The number of nitrogens with zero attached hydrogens (tertiary/aromatic N) is 4. The number of piperidine rings is 1. The zero-order valence-electron chi connectivity index (χ0n) is 18.3. The van der Waals surface area contributed by atoms with E-state index in [1.807, 2.05) is 10.7 Å². The second-order valence-corrected chi connectivity index (χ2v) is 10.5. The van der Waals surface area contributed by atoms with Crippen LogP contribution in [0, 0.1) is 18.8 Å². The smallest absolute Gasteiger partial charge is 0.158 e. The number of aromatic amines is 1. The van der Waals surface area contributed by atoms with Crippen LogP contribution in [0.3, 0.4) is 0 Å². The van der Waals surface area contributed by atoms with Gasteiger partial charge in [-0.2, -0.15) is 5.10 Å². The van der Waals surface area contributed by atoms with E-state index in [0.29, 0.717) is 23.8 Å². The number of aliphatic hydroxyl groups excluding tert-OH is 1. The van der Waals surface area contributed by atoms with Crippen LogP contribution in [0.2, 0.25) is 0 Å². The van der Waals surface area contributed by atoms with Crippen LogP contribution in [0.4, 0.5) is 0 Å². The Morgan fingerprint density at radius 1 is 1.26 bits per heavy atom. The monoisotopic (exact) mass is 436 g/mol. The Morgan fingerprint density at radius 3 is 2.77 bits per heavy atom. The molecule has 8 heteroatoms. The van der Waals surface area contributed by atoms with Crippen molar-refractivity contribution in [3.8, 4) is 11.3 Å². The highest BCUT2D eigenvalue weighted by atomic mass is 32.1. The minimum absolute atomic E-state index is 0.353. The van der Waals surface area contributed by atoms with Crippen LogP contribution < -0.4 is 5.32 Å². The molecule has 31 heavy (non-hydrogen) atoms. The molecule has 0 aromatic carbocycles. The summed E-state index contributed by atoms with van der Waals surface area (Å²) < 4.78 is 3.08. The molecule has 1 aliphatic carbocycles. The Labute approximate surface area is 185 Å². The maximum Gasteiger partial charge on any atom is 0.158 e. The van der Waals surface area contributed by atoms with Crippen LogP contribution in [0.15, 0.2) is 24.7 Å². The largest absolute Gasteiger partial charge is 0.373 e. The Bertz CT molecular complexity index is 1280. The van der Waals surface area contributed by atoms with Gasteiger partial charge in [0, 0.05) is 17.8 Å². The van der Waals surface area contributed by atoms with Crippen LogP contribution in [0.25, 0.3) is 27.1 Å². The molecule has 2 fully saturated rings. The van der Waals surface area contributed by atoms with E-state index in [4.69, 9.17) is 0 Å². The van der Waals surface area contributed by atoms with Gasteiger partial charge in [0.05, 0.1) is 20.8 Å². The molecule has 1 aliphatic heterocycles. The summed E-state index contributed by atoms with van der Waals surface area (Å²) in [6, 6.07) is 4.80. The van der Waals surface area contributed by atoms with Gasteiger partial charge in [-0.05, 0) is 68.1 Å². The standard InChI is InChI=1S/C23H28N6OS/c1-11(2)18-19(13-5-12(3)22-25-10-26-29(22)9-13)27-16-6-17(31-21(16)18)23(30)28(4)20-14-7-24-8-15(14)20/h5-6,9-11,14-15,20,23-24,27,30H,7-8H2,1-4H3/t14-,15+,20+,23?. The quantitative estimate of drug-likeness (QED) is 0.417. The van der Waals surface area contributed by atoms with E-state index >= 15 is 0 Å². The molecule has 4 aromatic rings. The van der Waals surface area contributed by atoms with Crippen LogP contribution in [0.1, 0.15) is 42.0 Å². The molecule has 2 aliphatic rings. The third-order valence-corrected chi connectivity index (χ3v) is 8.32. The van der Waals surface area contributed by atoms with Crippen molar-refractivity contribution >= 4 is 27.2 Å². The first-order chi connectivity index (χ1) is 14.9. The maximum atomic E-state index is 11.1. The van der Waals surface area contributed by atoms with Crippen molar-refractivity contribution in [1.29, 1.82) is 0 Å². The maximum absolute atomic E-state index is 11.1. The zero-order valence-corrected chi connectivity index (χ0v) is 19.1. The molecule has 1 saturated heterocycles. The first-order valence-electron chi connectivity index (χ1n) is 11.0. The molecule has 7 nitrogen and oxygen atoms in total.